The molecule has 164 valence electrons. The lowest BCUT2D eigenvalue weighted by atomic mass is 10.0. The summed E-state index contributed by atoms with van der Waals surface area (Å²) in [5, 5.41) is 10.6. The Morgan fingerprint density at radius 1 is 0.882 bits per heavy atom. The zero-order valence-electron chi connectivity index (χ0n) is 17.6. The van der Waals surface area contributed by atoms with Crippen LogP contribution in [0.25, 0.3) is 44.2 Å². The Kier molecular flexibility index (Phi) is 4.58. The van der Waals surface area contributed by atoms with Gasteiger partial charge in [0.2, 0.25) is 5.95 Å². The summed E-state index contributed by atoms with van der Waals surface area (Å²) in [6.45, 7) is 0. The van der Waals surface area contributed by atoms with Crippen molar-refractivity contribution in [2.24, 2.45) is 0 Å². The molecule has 0 bridgehead atoms. The number of H-pyrrole nitrogens is 2. The highest BCUT2D eigenvalue weighted by Gasteiger charge is 2.18. The van der Waals surface area contributed by atoms with Crippen LogP contribution in [0.4, 0.5) is 10.3 Å². The van der Waals surface area contributed by atoms with E-state index < -0.39 is 5.91 Å². The first-order chi connectivity index (χ1) is 16.7. The molecule has 0 radical (unpaired) electrons. The minimum atomic E-state index is -0.422. The number of aromatic amines is 2. The fourth-order valence-electron chi connectivity index (χ4n) is 3.93. The van der Waals surface area contributed by atoms with E-state index in [1.165, 1.54) is 12.1 Å². The van der Waals surface area contributed by atoms with Crippen LogP contribution in [0.15, 0.2) is 79.4 Å². The monoisotopic (exact) mass is 449 g/mol. The van der Waals surface area contributed by atoms with Gasteiger partial charge >= 0.3 is 0 Å². The predicted octanol–water partition coefficient (Wildman–Crippen LogP) is 4.95. The van der Waals surface area contributed by atoms with Crippen molar-refractivity contribution < 1.29 is 9.18 Å². The van der Waals surface area contributed by atoms with Crippen LogP contribution >= 0.6 is 0 Å². The van der Waals surface area contributed by atoms with Gasteiger partial charge < -0.3 is 4.98 Å². The zero-order valence-corrected chi connectivity index (χ0v) is 17.6. The van der Waals surface area contributed by atoms with E-state index in [9.17, 15) is 9.18 Å². The van der Waals surface area contributed by atoms with Gasteiger partial charge in [-0.15, -0.1) is 0 Å². The second-order valence-corrected chi connectivity index (χ2v) is 7.71. The molecule has 0 aliphatic heterocycles. The maximum absolute atomic E-state index is 13.7. The Labute approximate surface area is 191 Å². The Hall–Kier alpha value is -4.92. The van der Waals surface area contributed by atoms with E-state index in [0.717, 1.165) is 16.6 Å². The Morgan fingerprint density at radius 2 is 1.79 bits per heavy atom. The number of benzene rings is 2. The largest absolute Gasteiger partial charge is 0.323 e. The van der Waals surface area contributed by atoms with Gasteiger partial charge in [0.05, 0.1) is 17.2 Å². The Bertz CT molecular complexity index is 1670. The second kappa shape index (κ2) is 7.89. The van der Waals surface area contributed by atoms with Crippen molar-refractivity contribution in [2.75, 3.05) is 5.32 Å². The van der Waals surface area contributed by atoms with E-state index in [4.69, 9.17) is 0 Å². The number of hydrogen-bond acceptors (Lipinski definition) is 5. The van der Waals surface area contributed by atoms with Crippen LogP contribution in [0.3, 0.4) is 0 Å². The number of nitrogens with zero attached hydrogens (tertiary/aromatic N) is 4. The molecular weight excluding hydrogens is 433 g/mol. The molecule has 0 spiro atoms. The number of carbonyl (C=O) groups excluding carboxylic acids is 1. The molecule has 4 aromatic heterocycles. The Balaban J connectivity index is 1.34. The molecule has 0 unspecified atom stereocenters. The third-order valence-electron chi connectivity index (χ3n) is 5.53. The van der Waals surface area contributed by atoms with E-state index in [1.807, 2.05) is 30.3 Å². The van der Waals surface area contributed by atoms with Crippen LogP contribution in [0.2, 0.25) is 0 Å². The molecule has 34 heavy (non-hydrogen) atoms. The lowest BCUT2D eigenvalue weighted by Crippen LogP contribution is -2.13. The number of halogens is 1. The standard InChI is InChI=1S/C25H16FN7O/c26-17-5-1-3-15(9-17)19-12-28-13-21-22(19)30-25(29-21)31-24(34)23-18-10-14(6-7-20(18)32-33-23)16-4-2-8-27-11-16/h1-13H,(H,32,33)(H2,29,30,31,34). The third kappa shape index (κ3) is 3.45. The summed E-state index contributed by atoms with van der Waals surface area (Å²) in [6.07, 6.45) is 6.69. The Morgan fingerprint density at radius 3 is 2.65 bits per heavy atom. The van der Waals surface area contributed by atoms with Crippen molar-refractivity contribution in [3.63, 3.8) is 0 Å². The van der Waals surface area contributed by atoms with Crippen LogP contribution in [-0.2, 0) is 0 Å². The second-order valence-electron chi connectivity index (χ2n) is 7.71. The minimum absolute atomic E-state index is 0.240. The van der Waals surface area contributed by atoms with E-state index in [2.05, 4.69) is 35.5 Å². The zero-order chi connectivity index (χ0) is 23.1. The van der Waals surface area contributed by atoms with E-state index >= 15 is 0 Å². The molecule has 0 saturated heterocycles. The fraction of sp³-hybridized carbons (Fsp3) is 0. The molecule has 6 rings (SSSR count). The number of anilines is 1. The van der Waals surface area contributed by atoms with Crippen molar-refractivity contribution in [3.05, 3.63) is 90.9 Å². The average molecular weight is 449 g/mol. The van der Waals surface area contributed by atoms with Crippen molar-refractivity contribution >= 4 is 33.8 Å². The van der Waals surface area contributed by atoms with Gasteiger partial charge in [0, 0.05) is 35.1 Å². The third-order valence-corrected chi connectivity index (χ3v) is 5.53. The molecule has 6 aromatic rings. The first kappa shape index (κ1) is 19.7. The molecule has 3 N–H and O–H groups in total. The van der Waals surface area contributed by atoms with Crippen LogP contribution in [0.1, 0.15) is 10.5 Å². The molecule has 1 amide bonds. The molecule has 0 saturated carbocycles. The average Bonchev–Trinajstić information content (AvgIpc) is 3.47. The summed E-state index contributed by atoms with van der Waals surface area (Å²) in [7, 11) is 0. The summed E-state index contributed by atoms with van der Waals surface area (Å²) >= 11 is 0. The summed E-state index contributed by atoms with van der Waals surface area (Å²) in [6, 6.07) is 15.7. The normalized spacial score (nSPS) is 11.2. The number of rotatable bonds is 4. The molecule has 8 nitrogen and oxygen atoms in total. The summed E-state index contributed by atoms with van der Waals surface area (Å²) in [5.74, 6) is -0.534. The topological polar surface area (TPSA) is 112 Å². The quantitative estimate of drug-likeness (QED) is 0.352. The molecule has 0 aliphatic carbocycles. The molecule has 0 atom stereocenters. The number of imidazole rings is 1. The fourth-order valence-corrected chi connectivity index (χ4v) is 3.93. The van der Waals surface area contributed by atoms with Gasteiger partial charge in [0.1, 0.15) is 11.3 Å². The number of nitrogens with one attached hydrogen (secondary N) is 3. The SMILES string of the molecule is O=C(Nc1nc2c(-c3cccc(F)c3)cncc2[nH]1)c1n[nH]c2ccc(-c3cccnc3)cc12. The molecular formula is C25H16FN7O. The first-order valence-corrected chi connectivity index (χ1v) is 10.5. The van der Waals surface area contributed by atoms with Gasteiger partial charge in [-0.3, -0.25) is 25.2 Å². The number of carbonyl (C=O) groups is 1. The van der Waals surface area contributed by atoms with Gasteiger partial charge in [-0.1, -0.05) is 24.3 Å². The van der Waals surface area contributed by atoms with Gasteiger partial charge in [-0.25, -0.2) is 9.37 Å². The molecule has 9 heteroatoms. The molecule has 0 fully saturated rings. The van der Waals surface area contributed by atoms with Crippen LogP contribution in [0.5, 0.6) is 0 Å². The summed E-state index contributed by atoms with van der Waals surface area (Å²) < 4.78 is 13.7. The predicted molar refractivity (Wildman–Crippen MR) is 127 cm³/mol. The highest BCUT2D eigenvalue weighted by Crippen LogP contribution is 2.28. The van der Waals surface area contributed by atoms with Gasteiger partial charge in [0.15, 0.2) is 5.69 Å². The van der Waals surface area contributed by atoms with Crippen LogP contribution in [0, 0.1) is 5.82 Å². The number of aromatic nitrogens is 6. The lowest BCUT2D eigenvalue weighted by Gasteiger charge is -2.02. The van der Waals surface area contributed by atoms with Crippen molar-refractivity contribution in [2.45, 2.75) is 0 Å². The first-order valence-electron chi connectivity index (χ1n) is 10.5. The smallest absolute Gasteiger partial charge is 0.279 e. The minimum Gasteiger partial charge on any atom is -0.323 e. The molecule has 2 aromatic carbocycles. The highest BCUT2D eigenvalue weighted by atomic mass is 19.1. The molecule has 4 heterocycles. The summed E-state index contributed by atoms with van der Waals surface area (Å²) in [4.78, 5) is 29.0. The van der Waals surface area contributed by atoms with E-state index in [-0.39, 0.29) is 17.5 Å². The number of pyridine rings is 2. The van der Waals surface area contributed by atoms with Crippen LogP contribution < -0.4 is 5.32 Å². The van der Waals surface area contributed by atoms with Crippen molar-refractivity contribution in [1.29, 1.82) is 0 Å². The number of fused-ring (bicyclic) bond motifs is 2. The lowest BCUT2D eigenvalue weighted by molar-refractivity contribution is 0.102. The maximum atomic E-state index is 13.7. The highest BCUT2D eigenvalue weighted by molar-refractivity contribution is 6.11. The summed E-state index contributed by atoms with van der Waals surface area (Å²) in [5.41, 5.74) is 5.31. The van der Waals surface area contributed by atoms with Gasteiger partial charge in [-0.2, -0.15) is 5.10 Å². The van der Waals surface area contributed by atoms with Gasteiger partial charge in [-0.05, 0) is 41.5 Å². The van der Waals surface area contributed by atoms with Crippen LogP contribution in [-0.4, -0.2) is 36.0 Å². The number of amides is 1. The molecule has 0 aliphatic rings. The van der Waals surface area contributed by atoms with Gasteiger partial charge in [0.25, 0.3) is 5.91 Å². The van der Waals surface area contributed by atoms with E-state index in [1.54, 1.807) is 36.9 Å². The number of hydrogen-bond donors (Lipinski definition) is 3. The van der Waals surface area contributed by atoms with Crippen molar-refractivity contribution in [3.8, 4) is 22.3 Å². The van der Waals surface area contributed by atoms with E-state index in [0.29, 0.717) is 27.5 Å². The maximum Gasteiger partial charge on any atom is 0.279 e. The van der Waals surface area contributed by atoms with Crippen molar-refractivity contribution in [1.82, 2.24) is 30.1 Å².